The van der Waals surface area contributed by atoms with E-state index in [0.29, 0.717) is 5.02 Å². The van der Waals surface area contributed by atoms with Crippen LogP contribution >= 0.6 is 27.5 Å². The number of carbonyl (C=O) groups excluding carboxylic acids is 1. The van der Waals surface area contributed by atoms with Crippen LogP contribution in [0.3, 0.4) is 0 Å². The molecule has 1 heterocycles. The number of rotatable bonds is 2. The Morgan fingerprint density at radius 1 is 1.40 bits per heavy atom. The van der Waals surface area contributed by atoms with Gasteiger partial charge in [0.25, 0.3) is 0 Å². The predicted octanol–water partition coefficient (Wildman–Crippen LogP) is 3.80. The Morgan fingerprint density at radius 3 is 2.55 bits per heavy atom. The maximum absolute atomic E-state index is 12.5. The number of nitrogens with zero attached hydrogens (tertiary/aromatic N) is 2. The molecule has 0 bridgehead atoms. The van der Waals surface area contributed by atoms with Crippen molar-refractivity contribution in [2.75, 3.05) is 25.0 Å². The Balaban J connectivity index is 2.06. The van der Waals surface area contributed by atoms with E-state index in [2.05, 4.69) is 41.6 Å². The number of hydrogen-bond acceptors (Lipinski definition) is 2. The van der Waals surface area contributed by atoms with E-state index in [9.17, 15) is 4.79 Å². The topological polar surface area (TPSA) is 23.6 Å². The standard InChI is InChI=1S/C15H20BrClN2O/c1-15(2,3)19-8-10(9-19)14(20)18(4)13-7-11(17)5-6-12(13)16/h5-7,10H,8-9H2,1-4H3. The summed E-state index contributed by atoms with van der Waals surface area (Å²) in [5, 5.41) is 0.632. The van der Waals surface area contributed by atoms with Crippen molar-refractivity contribution in [1.82, 2.24) is 4.90 Å². The summed E-state index contributed by atoms with van der Waals surface area (Å²) in [6.45, 7) is 8.16. The third-order valence-corrected chi connectivity index (χ3v) is 4.69. The summed E-state index contributed by atoms with van der Waals surface area (Å²) in [6, 6.07) is 5.48. The summed E-state index contributed by atoms with van der Waals surface area (Å²) >= 11 is 9.48. The van der Waals surface area contributed by atoms with Crippen molar-refractivity contribution >= 4 is 39.1 Å². The number of amides is 1. The average molecular weight is 360 g/mol. The molecule has 5 heteroatoms. The smallest absolute Gasteiger partial charge is 0.232 e. The first-order valence-electron chi connectivity index (χ1n) is 6.68. The lowest BCUT2D eigenvalue weighted by atomic mass is 9.91. The second kappa shape index (κ2) is 5.66. The van der Waals surface area contributed by atoms with Gasteiger partial charge < -0.3 is 4.90 Å². The Morgan fingerprint density at radius 2 is 2.00 bits per heavy atom. The van der Waals surface area contributed by atoms with Gasteiger partial charge in [-0.15, -0.1) is 0 Å². The molecule has 0 atom stereocenters. The van der Waals surface area contributed by atoms with Crippen molar-refractivity contribution in [3.63, 3.8) is 0 Å². The number of likely N-dealkylation sites (tertiary alicyclic amines) is 1. The summed E-state index contributed by atoms with van der Waals surface area (Å²) in [7, 11) is 1.80. The highest BCUT2D eigenvalue weighted by Gasteiger charge is 2.39. The van der Waals surface area contributed by atoms with E-state index < -0.39 is 0 Å². The van der Waals surface area contributed by atoms with Crippen LogP contribution in [0.25, 0.3) is 0 Å². The third kappa shape index (κ3) is 3.18. The lowest BCUT2D eigenvalue weighted by molar-refractivity contribution is -0.129. The number of halogens is 2. The van der Waals surface area contributed by atoms with Crippen LogP contribution in [-0.2, 0) is 4.79 Å². The molecule has 0 unspecified atom stereocenters. The van der Waals surface area contributed by atoms with Gasteiger partial charge in [-0.1, -0.05) is 11.6 Å². The van der Waals surface area contributed by atoms with Gasteiger partial charge in [0.2, 0.25) is 5.91 Å². The van der Waals surface area contributed by atoms with Crippen LogP contribution in [0.15, 0.2) is 22.7 Å². The van der Waals surface area contributed by atoms with Crippen molar-refractivity contribution in [1.29, 1.82) is 0 Å². The minimum Gasteiger partial charge on any atom is -0.314 e. The second-order valence-corrected chi connectivity index (χ2v) is 7.56. The average Bonchev–Trinajstić information content (AvgIpc) is 2.27. The molecular formula is C15H20BrClN2O. The molecule has 0 saturated carbocycles. The van der Waals surface area contributed by atoms with Gasteiger partial charge in [-0.3, -0.25) is 9.69 Å². The first-order valence-corrected chi connectivity index (χ1v) is 7.85. The molecular weight excluding hydrogens is 340 g/mol. The van der Waals surface area contributed by atoms with Gasteiger partial charge in [-0.25, -0.2) is 0 Å². The summed E-state index contributed by atoms with van der Waals surface area (Å²) < 4.78 is 0.879. The number of benzene rings is 1. The molecule has 0 aromatic heterocycles. The van der Waals surface area contributed by atoms with E-state index in [0.717, 1.165) is 23.2 Å². The van der Waals surface area contributed by atoms with E-state index >= 15 is 0 Å². The minimum atomic E-state index is 0.0742. The summed E-state index contributed by atoms with van der Waals surface area (Å²) in [4.78, 5) is 16.5. The highest BCUT2D eigenvalue weighted by atomic mass is 79.9. The van der Waals surface area contributed by atoms with Gasteiger partial charge in [-0.2, -0.15) is 0 Å². The second-order valence-electron chi connectivity index (χ2n) is 6.27. The van der Waals surface area contributed by atoms with Crippen molar-refractivity contribution in [3.05, 3.63) is 27.7 Å². The lowest BCUT2D eigenvalue weighted by Crippen LogP contribution is -2.60. The fourth-order valence-corrected chi connectivity index (χ4v) is 3.00. The first-order chi connectivity index (χ1) is 9.20. The molecule has 0 aliphatic carbocycles. The van der Waals surface area contributed by atoms with E-state index in [-0.39, 0.29) is 17.4 Å². The number of carbonyl (C=O) groups is 1. The zero-order valence-corrected chi connectivity index (χ0v) is 14.6. The van der Waals surface area contributed by atoms with Crippen molar-refractivity contribution in [2.24, 2.45) is 5.92 Å². The SMILES string of the molecule is CN(C(=O)C1CN(C(C)(C)C)C1)c1cc(Cl)ccc1Br. The fourth-order valence-electron chi connectivity index (χ4n) is 2.32. The molecule has 20 heavy (non-hydrogen) atoms. The summed E-state index contributed by atoms with van der Waals surface area (Å²) in [6.07, 6.45) is 0. The van der Waals surface area contributed by atoms with Crippen LogP contribution < -0.4 is 4.90 Å². The van der Waals surface area contributed by atoms with E-state index in [1.165, 1.54) is 0 Å². The molecule has 0 radical (unpaired) electrons. The fraction of sp³-hybridized carbons (Fsp3) is 0.533. The predicted molar refractivity (Wildman–Crippen MR) is 87.4 cm³/mol. The lowest BCUT2D eigenvalue weighted by Gasteiger charge is -2.47. The van der Waals surface area contributed by atoms with Crippen molar-refractivity contribution in [2.45, 2.75) is 26.3 Å². The van der Waals surface area contributed by atoms with Gasteiger partial charge in [0.1, 0.15) is 0 Å². The highest BCUT2D eigenvalue weighted by molar-refractivity contribution is 9.10. The quantitative estimate of drug-likeness (QED) is 0.802. The molecule has 110 valence electrons. The van der Waals surface area contributed by atoms with Crippen LogP contribution in [-0.4, -0.2) is 36.5 Å². The van der Waals surface area contributed by atoms with E-state index in [1.54, 1.807) is 18.0 Å². The zero-order chi connectivity index (χ0) is 15.1. The Kier molecular flexibility index (Phi) is 4.47. The summed E-state index contributed by atoms with van der Waals surface area (Å²) in [5.74, 6) is 0.221. The van der Waals surface area contributed by atoms with Crippen LogP contribution in [0, 0.1) is 5.92 Å². The number of hydrogen-bond donors (Lipinski definition) is 0. The van der Waals surface area contributed by atoms with Gasteiger partial charge in [0.05, 0.1) is 11.6 Å². The molecule has 2 rings (SSSR count). The molecule has 1 aliphatic heterocycles. The van der Waals surface area contributed by atoms with Crippen LogP contribution in [0.5, 0.6) is 0 Å². The van der Waals surface area contributed by atoms with Crippen molar-refractivity contribution in [3.8, 4) is 0 Å². The molecule has 0 N–H and O–H groups in total. The van der Waals surface area contributed by atoms with Gasteiger partial charge >= 0.3 is 0 Å². The number of anilines is 1. The molecule has 3 nitrogen and oxygen atoms in total. The maximum atomic E-state index is 12.5. The molecule has 1 aliphatic rings. The summed E-state index contributed by atoms with van der Waals surface area (Å²) in [5.41, 5.74) is 0.947. The molecule has 1 aromatic carbocycles. The third-order valence-electron chi connectivity index (χ3n) is 3.78. The largest absolute Gasteiger partial charge is 0.314 e. The van der Waals surface area contributed by atoms with Gasteiger partial charge in [0.15, 0.2) is 0 Å². The van der Waals surface area contributed by atoms with E-state index in [1.807, 2.05) is 12.1 Å². The zero-order valence-electron chi connectivity index (χ0n) is 12.3. The molecule has 1 fully saturated rings. The molecule has 0 spiro atoms. The first kappa shape index (κ1) is 15.8. The normalized spacial score (nSPS) is 16.9. The van der Waals surface area contributed by atoms with Gasteiger partial charge in [-0.05, 0) is 54.9 Å². The minimum absolute atomic E-state index is 0.0742. The molecule has 1 aromatic rings. The Bertz CT molecular complexity index is 521. The highest BCUT2D eigenvalue weighted by Crippen LogP contribution is 2.32. The Hall–Kier alpha value is -0.580. The molecule has 1 saturated heterocycles. The molecule has 1 amide bonds. The van der Waals surface area contributed by atoms with Crippen molar-refractivity contribution < 1.29 is 4.79 Å². The Labute approximate surface area is 134 Å². The van der Waals surface area contributed by atoms with Gasteiger partial charge in [0, 0.05) is 35.2 Å². The van der Waals surface area contributed by atoms with Crippen LogP contribution in [0.1, 0.15) is 20.8 Å². The van der Waals surface area contributed by atoms with E-state index in [4.69, 9.17) is 11.6 Å². The van der Waals surface area contributed by atoms with Crippen LogP contribution in [0.4, 0.5) is 5.69 Å². The monoisotopic (exact) mass is 358 g/mol. The maximum Gasteiger partial charge on any atom is 0.232 e. The van der Waals surface area contributed by atoms with Crippen LogP contribution in [0.2, 0.25) is 5.02 Å².